The van der Waals surface area contributed by atoms with Gasteiger partial charge in [-0.2, -0.15) is 5.10 Å². The van der Waals surface area contributed by atoms with Crippen LogP contribution in [0.3, 0.4) is 0 Å². The number of nitrogens with one attached hydrogen (secondary N) is 2. The summed E-state index contributed by atoms with van der Waals surface area (Å²) in [6.45, 7) is 7.78. The van der Waals surface area contributed by atoms with Crippen molar-refractivity contribution in [2.24, 2.45) is 4.99 Å². The van der Waals surface area contributed by atoms with Gasteiger partial charge in [0.1, 0.15) is 5.76 Å². The van der Waals surface area contributed by atoms with Gasteiger partial charge in [0, 0.05) is 12.7 Å². The first kappa shape index (κ1) is 17.5. The van der Waals surface area contributed by atoms with Gasteiger partial charge in [0.05, 0.1) is 30.5 Å². The number of nitrogens with zero attached hydrogens (tertiary/aromatic N) is 4. The summed E-state index contributed by atoms with van der Waals surface area (Å²) >= 11 is 0. The van der Waals surface area contributed by atoms with Crippen LogP contribution in [0.25, 0.3) is 0 Å². The summed E-state index contributed by atoms with van der Waals surface area (Å²) in [6, 6.07) is 2.63. The average Bonchev–Trinajstić information content (AvgIpc) is 3.32. The maximum atomic E-state index is 5.59. The normalized spacial score (nSPS) is 15.7. The van der Waals surface area contributed by atoms with Crippen molar-refractivity contribution in [2.45, 2.75) is 65.6 Å². The monoisotopic (exact) mass is 344 g/mol. The third kappa shape index (κ3) is 4.61. The number of aromatic nitrogens is 3. The van der Waals surface area contributed by atoms with Gasteiger partial charge in [-0.15, -0.1) is 0 Å². The molecule has 1 aliphatic rings. The molecule has 7 heteroatoms. The Bertz CT molecular complexity index is 691. The van der Waals surface area contributed by atoms with Crippen molar-refractivity contribution in [3.63, 3.8) is 0 Å². The molecule has 25 heavy (non-hydrogen) atoms. The molecule has 0 atom stereocenters. The zero-order valence-electron chi connectivity index (χ0n) is 15.4. The second kappa shape index (κ2) is 8.18. The number of aryl methyl sites for hydroxylation is 2. The van der Waals surface area contributed by atoms with Gasteiger partial charge in [0.2, 0.25) is 5.89 Å². The Morgan fingerprint density at radius 1 is 1.32 bits per heavy atom. The zero-order chi connectivity index (χ0) is 17.6. The van der Waals surface area contributed by atoms with E-state index in [0.717, 1.165) is 29.7 Å². The summed E-state index contributed by atoms with van der Waals surface area (Å²) in [5.74, 6) is 2.27. The van der Waals surface area contributed by atoms with Gasteiger partial charge in [-0.1, -0.05) is 12.8 Å². The molecule has 2 aromatic rings. The van der Waals surface area contributed by atoms with Crippen LogP contribution in [0.1, 0.15) is 61.7 Å². The first-order valence-electron chi connectivity index (χ1n) is 9.15. The third-order valence-electron chi connectivity index (χ3n) is 4.59. The number of aliphatic imine (C=N–C) groups is 1. The number of oxazole rings is 1. The molecule has 2 N–H and O–H groups in total. The van der Waals surface area contributed by atoms with Gasteiger partial charge in [0.25, 0.3) is 0 Å². The van der Waals surface area contributed by atoms with E-state index < -0.39 is 0 Å². The van der Waals surface area contributed by atoms with Crippen LogP contribution < -0.4 is 10.6 Å². The predicted octanol–water partition coefficient (Wildman–Crippen LogP) is 2.86. The Balaban J connectivity index is 1.57. The highest BCUT2D eigenvalue weighted by atomic mass is 16.4. The summed E-state index contributed by atoms with van der Waals surface area (Å²) in [7, 11) is 0. The van der Waals surface area contributed by atoms with Gasteiger partial charge in [-0.25, -0.2) is 9.98 Å². The van der Waals surface area contributed by atoms with Crippen LogP contribution in [-0.2, 0) is 13.1 Å². The lowest BCUT2D eigenvalue weighted by Gasteiger charge is -2.10. The van der Waals surface area contributed by atoms with E-state index in [9.17, 15) is 0 Å². The summed E-state index contributed by atoms with van der Waals surface area (Å²) in [5.41, 5.74) is 1.92. The molecule has 0 aliphatic heterocycles. The predicted molar refractivity (Wildman–Crippen MR) is 97.4 cm³/mol. The first-order chi connectivity index (χ1) is 12.2. The summed E-state index contributed by atoms with van der Waals surface area (Å²) < 4.78 is 7.70. The number of rotatable bonds is 6. The minimum atomic E-state index is 0.511. The molecule has 2 aromatic heterocycles. The van der Waals surface area contributed by atoms with Gasteiger partial charge in [-0.05, 0) is 39.7 Å². The molecule has 2 heterocycles. The molecule has 1 saturated carbocycles. The van der Waals surface area contributed by atoms with Crippen LogP contribution in [0.4, 0.5) is 0 Å². The van der Waals surface area contributed by atoms with Crippen molar-refractivity contribution < 1.29 is 4.42 Å². The van der Waals surface area contributed by atoms with Crippen LogP contribution in [0.5, 0.6) is 0 Å². The molecule has 0 bridgehead atoms. The van der Waals surface area contributed by atoms with Crippen molar-refractivity contribution in [3.05, 3.63) is 35.3 Å². The molecule has 0 amide bonds. The molecule has 0 radical (unpaired) electrons. The number of hydrogen-bond donors (Lipinski definition) is 2. The molecule has 0 unspecified atom stereocenters. The molecule has 0 saturated heterocycles. The van der Waals surface area contributed by atoms with E-state index in [2.05, 4.69) is 42.7 Å². The molecule has 0 spiro atoms. The second-order valence-corrected chi connectivity index (χ2v) is 6.52. The minimum Gasteiger partial charge on any atom is -0.444 e. The van der Waals surface area contributed by atoms with Gasteiger partial charge >= 0.3 is 0 Å². The van der Waals surface area contributed by atoms with Crippen LogP contribution in [-0.4, -0.2) is 27.3 Å². The van der Waals surface area contributed by atoms with Crippen LogP contribution in [0, 0.1) is 13.8 Å². The Hall–Kier alpha value is -2.31. The van der Waals surface area contributed by atoms with E-state index in [1.54, 1.807) is 0 Å². The van der Waals surface area contributed by atoms with Crippen LogP contribution in [0.2, 0.25) is 0 Å². The number of guanidine groups is 1. The molecule has 1 fully saturated rings. The van der Waals surface area contributed by atoms with E-state index in [4.69, 9.17) is 4.42 Å². The fourth-order valence-electron chi connectivity index (χ4n) is 3.11. The summed E-state index contributed by atoms with van der Waals surface area (Å²) in [6.07, 6.45) is 7.19. The van der Waals surface area contributed by atoms with E-state index in [0.29, 0.717) is 25.0 Å². The van der Waals surface area contributed by atoms with E-state index in [-0.39, 0.29) is 0 Å². The average molecular weight is 344 g/mol. The maximum absolute atomic E-state index is 5.59. The molecule has 3 rings (SSSR count). The zero-order valence-corrected chi connectivity index (χ0v) is 15.4. The Morgan fingerprint density at radius 2 is 2.12 bits per heavy atom. The highest BCUT2D eigenvalue weighted by molar-refractivity contribution is 5.79. The molecule has 1 aliphatic carbocycles. The third-order valence-corrected chi connectivity index (χ3v) is 4.59. The Labute approximate surface area is 148 Å². The summed E-state index contributed by atoms with van der Waals surface area (Å²) in [5, 5.41) is 11.2. The maximum Gasteiger partial charge on any atom is 0.214 e. The van der Waals surface area contributed by atoms with Crippen LogP contribution >= 0.6 is 0 Å². The molecule has 0 aromatic carbocycles. The lowest BCUT2D eigenvalue weighted by Crippen LogP contribution is -2.36. The minimum absolute atomic E-state index is 0.511. The van der Waals surface area contributed by atoms with E-state index >= 15 is 0 Å². The van der Waals surface area contributed by atoms with Crippen molar-refractivity contribution in [3.8, 4) is 0 Å². The van der Waals surface area contributed by atoms with E-state index in [1.807, 2.05) is 20.8 Å². The Morgan fingerprint density at radius 3 is 2.80 bits per heavy atom. The van der Waals surface area contributed by atoms with E-state index in [1.165, 1.54) is 25.7 Å². The molecule has 7 nitrogen and oxygen atoms in total. The Kier molecular flexibility index (Phi) is 5.73. The molecular formula is C18H28N6O. The fraction of sp³-hybridized carbons (Fsp3) is 0.611. The smallest absolute Gasteiger partial charge is 0.214 e. The summed E-state index contributed by atoms with van der Waals surface area (Å²) in [4.78, 5) is 9.00. The van der Waals surface area contributed by atoms with Crippen molar-refractivity contribution in [1.82, 2.24) is 25.4 Å². The van der Waals surface area contributed by atoms with Crippen molar-refractivity contribution >= 4 is 5.96 Å². The fourth-order valence-corrected chi connectivity index (χ4v) is 3.11. The lowest BCUT2D eigenvalue weighted by molar-refractivity contribution is 0.462. The highest BCUT2D eigenvalue weighted by Crippen LogP contribution is 2.28. The standard InChI is InChI=1S/C18H28N6O/c1-4-19-18(21-12-17-22-13(2)14(3)25-17)20-11-15-9-10-24(23-15)16-7-5-6-8-16/h9-10,16H,4-8,11-12H2,1-3H3,(H2,19,20,21). The SMILES string of the molecule is CCNC(=NCc1ccn(C2CCCC2)n1)NCc1nc(C)c(C)o1. The van der Waals surface area contributed by atoms with Crippen molar-refractivity contribution in [1.29, 1.82) is 0 Å². The van der Waals surface area contributed by atoms with Gasteiger partial charge < -0.3 is 15.1 Å². The largest absolute Gasteiger partial charge is 0.444 e. The molecule has 136 valence electrons. The lowest BCUT2D eigenvalue weighted by atomic mass is 10.3. The topological polar surface area (TPSA) is 80.3 Å². The van der Waals surface area contributed by atoms with Gasteiger partial charge in [0.15, 0.2) is 5.96 Å². The highest BCUT2D eigenvalue weighted by Gasteiger charge is 2.17. The van der Waals surface area contributed by atoms with Crippen molar-refractivity contribution in [2.75, 3.05) is 6.54 Å². The first-order valence-corrected chi connectivity index (χ1v) is 9.15. The second-order valence-electron chi connectivity index (χ2n) is 6.52. The van der Waals surface area contributed by atoms with Crippen LogP contribution in [0.15, 0.2) is 21.7 Å². The number of hydrogen-bond acceptors (Lipinski definition) is 4. The quantitative estimate of drug-likeness (QED) is 0.622. The molecular weight excluding hydrogens is 316 g/mol. The van der Waals surface area contributed by atoms with Gasteiger partial charge in [-0.3, -0.25) is 4.68 Å².